The third-order valence-electron chi connectivity index (χ3n) is 3.36. The zero-order valence-electron chi connectivity index (χ0n) is 11.2. The predicted octanol–water partition coefficient (Wildman–Crippen LogP) is 4.15. The van der Waals surface area contributed by atoms with Crippen molar-refractivity contribution in [1.82, 2.24) is 5.32 Å². The molecule has 0 spiro atoms. The molecule has 1 aromatic rings. The lowest BCUT2D eigenvalue weighted by atomic mass is 9.89. The standard InChI is InChI=1S/C15H24ClN/c1-4-12(2)9-14(11-17-3)10-13-5-7-15(16)8-6-13/h5-8,12,14,17H,4,9-11H2,1-3H3. The summed E-state index contributed by atoms with van der Waals surface area (Å²) in [4.78, 5) is 0. The molecule has 2 heteroatoms. The van der Waals surface area contributed by atoms with E-state index < -0.39 is 0 Å². The molecule has 0 aromatic heterocycles. The van der Waals surface area contributed by atoms with E-state index in [1.165, 1.54) is 18.4 Å². The van der Waals surface area contributed by atoms with Gasteiger partial charge in [-0.1, -0.05) is 44.0 Å². The summed E-state index contributed by atoms with van der Waals surface area (Å²) in [5.41, 5.74) is 1.39. The average molecular weight is 254 g/mol. The van der Waals surface area contributed by atoms with E-state index in [1.54, 1.807) is 0 Å². The lowest BCUT2D eigenvalue weighted by Gasteiger charge is -2.20. The second-order valence-electron chi connectivity index (χ2n) is 5.00. The number of halogens is 1. The lowest BCUT2D eigenvalue weighted by Crippen LogP contribution is -2.22. The molecular weight excluding hydrogens is 230 g/mol. The van der Waals surface area contributed by atoms with Crippen LogP contribution in [0.25, 0.3) is 0 Å². The summed E-state index contributed by atoms with van der Waals surface area (Å²) in [6.07, 6.45) is 3.70. The predicted molar refractivity (Wildman–Crippen MR) is 76.6 cm³/mol. The van der Waals surface area contributed by atoms with Gasteiger partial charge in [0.2, 0.25) is 0 Å². The second-order valence-corrected chi connectivity index (χ2v) is 5.44. The highest BCUT2D eigenvalue weighted by atomic mass is 35.5. The van der Waals surface area contributed by atoms with E-state index in [0.717, 1.165) is 29.8 Å². The third-order valence-corrected chi connectivity index (χ3v) is 3.62. The minimum Gasteiger partial charge on any atom is -0.319 e. The summed E-state index contributed by atoms with van der Waals surface area (Å²) in [5.74, 6) is 1.52. The van der Waals surface area contributed by atoms with Crippen LogP contribution in [0.2, 0.25) is 5.02 Å². The summed E-state index contributed by atoms with van der Waals surface area (Å²) in [5, 5.41) is 4.12. The van der Waals surface area contributed by atoms with Crippen LogP contribution in [0.5, 0.6) is 0 Å². The van der Waals surface area contributed by atoms with Crippen LogP contribution in [-0.4, -0.2) is 13.6 Å². The minimum atomic E-state index is 0.719. The van der Waals surface area contributed by atoms with Crippen LogP contribution in [0.1, 0.15) is 32.3 Å². The summed E-state index contributed by atoms with van der Waals surface area (Å²) in [6.45, 7) is 5.70. The first-order valence-electron chi connectivity index (χ1n) is 6.54. The maximum atomic E-state index is 5.90. The molecule has 0 amide bonds. The van der Waals surface area contributed by atoms with Gasteiger partial charge in [0, 0.05) is 5.02 Å². The van der Waals surface area contributed by atoms with E-state index in [4.69, 9.17) is 11.6 Å². The Morgan fingerprint density at radius 3 is 2.41 bits per heavy atom. The van der Waals surface area contributed by atoms with Crippen molar-refractivity contribution in [2.75, 3.05) is 13.6 Å². The fourth-order valence-corrected chi connectivity index (χ4v) is 2.34. The number of nitrogens with one attached hydrogen (secondary N) is 1. The Labute approximate surface area is 111 Å². The highest BCUT2D eigenvalue weighted by Gasteiger charge is 2.12. The molecule has 0 saturated heterocycles. The van der Waals surface area contributed by atoms with Gasteiger partial charge in [-0.05, 0) is 56.0 Å². The minimum absolute atomic E-state index is 0.719. The zero-order valence-corrected chi connectivity index (χ0v) is 11.9. The molecule has 0 radical (unpaired) electrons. The monoisotopic (exact) mass is 253 g/mol. The Kier molecular flexibility index (Phi) is 6.61. The van der Waals surface area contributed by atoms with Gasteiger partial charge in [-0.3, -0.25) is 0 Å². The molecule has 2 unspecified atom stereocenters. The van der Waals surface area contributed by atoms with Crippen LogP contribution in [-0.2, 0) is 6.42 Å². The van der Waals surface area contributed by atoms with Gasteiger partial charge >= 0.3 is 0 Å². The van der Waals surface area contributed by atoms with Gasteiger partial charge in [0.05, 0.1) is 0 Å². The maximum absolute atomic E-state index is 5.90. The molecule has 17 heavy (non-hydrogen) atoms. The van der Waals surface area contributed by atoms with Crippen molar-refractivity contribution < 1.29 is 0 Å². The number of hydrogen-bond donors (Lipinski definition) is 1. The fraction of sp³-hybridized carbons (Fsp3) is 0.600. The summed E-state index contributed by atoms with van der Waals surface area (Å²) in [6, 6.07) is 8.25. The van der Waals surface area contributed by atoms with Crippen LogP contribution in [0, 0.1) is 11.8 Å². The van der Waals surface area contributed by atoms with Crippen molar-refractivity contribution >= 4 is 11.6 Å². The van der Waals surface area contributed by atoms with E-state index in [1.807, 2.05) is 19.2 Å². The first-order valence-corrected chi connectivity index (χ1v) is 6.92. The van der Waals surface area contributed by atoms with Crippen LogP contribution in [0.3, 0.4) is 0 Å². The molecule has 0 aliphatic carbocycles. The Morgan fingerprint density at radius 2 is 1.88 bits per heavy atom. The number of hydrogen-bond acceptors (Lipinski definition) is 1. The van der Waals surface area contributed by atoms with Crippen molar-refractivity contribution in [3.8, 4) is 0 Å². The van der Waals surface area contributed by atoms with E-state index in [-0.39, 0.29) is 0 Å². The topological polar surface area (TPSA) is 12.0 Å². The first kappa shape index (κ1) is 14.5. The van der Waals surface area contributed by atoms with Gasteiger partial charge in [-0.2, -0.15) is 0 Å². The molecule has 2 atom stereocenters. The quantitative estimate of drug-likeness (QED) is 0.770. The van der Waals surface area contributed by atoms with Crippen LogP contribution < -0.4 is 5.32 Å². The fourth-order valence-electron chi connectivity index (χ4n) is 2.22. The highest BCUT2D eigenvalue weighted by molar-refractivity contribution is 6.30. The molecule has 0 bridgehead atoms. The molecule has 96 valence electrons. The molecule has 0 aliphatic heterocycles. The smallest absolute Gasteiger partial charge is 0.0406 e. The van der Waals surface area contributed by atoms with Gasteiger partial charge in [0.15, 0.2) is 0 Å². The molecule has 1 aromatic carbocycles. The van der Waals surface area contributed by atoms with Gasteiger partial charge in [0.1, 0.15) is 0 Å². The Hall–Kier alpha value is -0.530. The first-order chi connectivity index (χ1) is 8.15. The zero-order chi connectivity index (χ0) is 12.7. The van der Waals surface area contributed by atoms with Crippen LogP contribution >= 0.6 is 11.6 Å². The van der Waals surface area contributed by atoms with Crippen molar-refractivity contribution in [2.24, 2.45) is 11.8 Å². The second kappa shape index (κ2) is 7.73. The van der Waals surface area contributed by atoms with E-state index in [2.05, 4.69) is 31.3 Å². The van der Waals surface area contributed by atoms with Crippen LogP contribution in [0.4, 0.5) is 0 Å². The Morgan fingerprint density at radius 1 is 1.24 bits per heavy atom. The van der Waals surface area contributed by atoms with E-state index >= 15 is 0 Å². The number of benzene rings is 1. The van der Waals surface area contributed by atoms with E-state index in [9.17, 15) is 0 Å². The molecule has 0 saturated carbocycles. The average Bonchev–Trinajstić information content (AvgIpc) is 2.32. The summed E-state index contributed by atoms with van der Waals surface area (Å²) in [7, 11) is 2.03. The molecule has 0 heterocycles. The van der Waals surface area contributed by atoms with Gasteiger partial charge in [0.25, 0.3) is 0 Å². The largest absolute Gasteiger partial charge is 0.319 e. The van der Waals surface area contributed by atoms with Gasteiger partial charge in [-0.25, -0.2) is 0 Å². The molecule has 0 aliphatic rings. The molecule has 1 rings (SSSR count). The maximum Gasteiger partial charge on any atom is 0.0406 e. The highest BCUT2D eigenvalue weighted by Crippen LogP contribution is 2.20. The van der Waals surface area contributed by atoms with Gasteiger partial charge < -0.3 is 5.32 Å². The molecule has 0 fully saturated rings. The molecule has 1 nitrogen and oxygen atoms in total. The Bertz CT molecular complexity index is 307. The van der Waals surface area contributed by atoms with Crippen molar-refractivity contribution in [2.45, 2.75) is 33.1 Å². The van der Waals surface area contributed by atoms with Crippen molar-refractivity contribution in [1.29, 1.82) is 0 Å². The third kappa shape index (κ3) is 5.56. The number of rotatable bonds is 7. The molecular formula is C15H24ClN. The summed E-state index contributed by atoms with van der Waals surface area (Å²) >= 11 is 5.90. The van der Waals surface area contributed by atoms with Crippen LogP contribution in [0.15, 0.2) is 24.3 Å². The van der Waals surface area contributed by atoms with Crippen molar-refractivity contribution in [3.63, 3.8) is 0 Å². The van der Waals surface area contributed by atoms with E-state index in [0.29, 0.717) is 0 Å². The normalized spacial score (nSPS) is 14.6. The lowest BCUT2D eigenvalue weighted by molar-refractivity contribution is 0.371. The Balaban J connectivity index is 2.56. The SMILES string of the molecule is CCC(C)CC(CNC)Cc1ccc(Cl)cc1. The summed E-state index contributed by atoms with van der Waals surface area (Å²) < 4.78 is 0. The van der Waals surface area contributed by atoms with Crippen molar-refractivity contribution in [3.05, 3.63) is 34.9 Å². The van der Waals surface area contributed by atoms with Gasteiger partial charge in [-0.15, -0.1) is 0 Å². The molecule has 1 N–H and O–H groups in total.